The van der Waals surface area contributed by atoms with Crippen LogP contribution in [-0.2, 0) is 6.42 Å². The van der Waals surface area contributed by atoms with E-state index < -0.39 is 0 Å². The number of para-hydroxylation sites is 1. The molecular weight excluding hydrogens is 184 g/mol. The van der Waals surface area contributed by atoms with Crippen LogP contribution >= 0.6 is 0 Å². The Hall–Kier alpha value is -0.980. The van der Waals surface area contributed by atoms with Gasteiger partial charge < -0.3 is 5.11 Å². The van der Waals surface area contributed by atoms with Crippen LogP contribution in [0.15, 0.2) is 24.3 Å². The van der Waals surface area contributed by atoms with Crippen LogP contribution in [0.1, 0.15) is 45.6 Å². The van der Waals surface area contributed by atoms with E-state index in [0.717, 1.165) is 18.4 Å². The molecule has 0 aliphatic rings. The molecule has 0 heterocycles. The fourth-order valence-corrected chi connectivity index (χ4v) is 1.69. The second kappa shape index (κ2) is 5.20. The number of aryl methyl sites for hydroxylation is 1. The normalized spacial score (nSPS) is 11.7. The van der Waals surface area contributed by atoms with Crippen LogP contribution in [0.5, 0.6) is 5.75 Å². The third-order valence-electron chi connectivity index (χ3n) is 2.61. The minimum Gasteiger partial charge on any atom is -0.508 e. The van der Waals surface area contributed by atoms with Crippen molar-refractivity contribution in [3.63, 3.8) is 0 Å². The molecule has 1 aromatic rings. The Bertz CT molecular complexity index is 296. The molecule has 0 bridgehead atoms. The van der Waals surface area contributed by atoms with Gasteiger partial charge in [-0.2, -0.15) is 0 Å². The third kappa shape index (κ3) is 4.87. The summed E-state index contributed by atoms with van der Waals surface area (Å²) < 4.78 is 0. The first-order valence-corrected chi connectivity index (χ1v) is 5.76. The van der Waals surface area contributed by atoms with Crippen molar-refractivity contribution in [3.8, 4) is 5.75 Å². The number of benzene rings is 1. The second-order valence-electron chi connectivity index (χ2n) is 5.40. The molecule has 0 aliphatic heterocycles. The first kappa shape index (κ1) is 12.1. The van der Waals surface area contributed by atoms with Crippen molar-refractivity contribution in [2.75, 3.05) is 0 Å². The molecule has 0 atom stereocenters. The number of phenols is 1. The van der Waals surface area contributed by atoms with E-state index in [1.165, 1.54) is 12.8 Å². The number of unbranched alkanes of at least 4 members (excludes halogenated alkanes) is 1. The van der Waals surface area contributed by atoms with Gasteiger partial charge in [-0.15, -0.1) is 0 Å². The molecule has 0 saturated heterocycles. The smallest absolute Gasteiger partial charge is 0.118 e. The van der Waals surface area contributed by atoms with Gasteiger partial charge in [-0.1, -0.05) is 45.4 Å². The van der Waals surface area contributed by atoms with E-state index in [1.54, 1.807) is 6.07 Å². The molecule has 1 nitrogen and oxygen atoms in total. The molecule has 0 amide bonds. The van der Waals surface area contributed by atoms with Crippen molar-refractivity contribution in [1.29, 1.82) is 0 Å². The van der Waals surface area contributed by atoms with Crippen molar-refractivity contribution in [2.45, 2.75) is 46.5 Å². The minimum absolute atomic E-state index is 0.429. The van der Waals surface area contributed by atoms with Crippen LogP contribution in [0, 0.1) is 5.41 Å². The van der Waals surface area contributed by atoms with Crippen LogP contribution in [-0.4, -0.2) is 5.11 Å². The van der Waals surface area contributed by atoms with Crippen molar-refractivity contribution >= 4 is 0 Å². The van der Waals surface area contributed by atoms with E-state index in [2.05, 4.69) is 20.8 Å². The van der Waals surface area contributed by atoms with Crippen molar-refractivity contribution in [3.05, 3.63) is 29.8 Å². The summed E-state index contributed by atoms with van der Waals surface area (Å²) in [5, 5.41) is 9.57. The van der Waals surface area contributed by atoms with Gasteiger partial charge in [-0.3, -0.25) is 0 Å². The third-order valence-corrected chi connectivity index (χ3v) is 2.61. The van der Waals surface area contributed by atoms with Crippen molar-refractivity contribution in [1.82, 2.24) is 0 Å². The molecule has 84 valence electrons. The van der Waals surface area contributed by atoms with E-state index in [9.17, 15) is 5.11 Å². The number of hydrogen-bond acceptors (Lipinski definition) is 1. The van der Waals surface area contributed by atoms with Gasteiger partial charge in [-0.05, 0) is 36.3 Å². The van der Waals surface area contributed by atoms with Gasteiger partial charge in [-0.25, -0.2) is 0 Å². The molecule has 15 heavy (non-hydrogen) atoms. The Labute approximate surface area is 93.1 Å². The molecule has 1 aromatic carbocycles. The predicted molar refractivity (Wildman–Crippen MR) is 65.1 cm³/mol. The van der Waals surface area contributed by atoms with Gasteiger partial charge in [0, 0.05) is 0 Å². The van der Waals surface area contributed by atoms with Crippen LogP contribution in [0.25, 0.3) is 0 Å². The summed E-state index contributed by atoms with van der Waals surface area (Å²) in [4.78, 5) is 0. The zero-order valence-electron chi connectivity index (χ0n) is 10.1. The lowest BCUT2D eigenvalue weighted by molar-refractivity contribution is 0.360. The molecule has 0 aliphatic carbocycles. The standard InChI is InChI=1S/C14H22O/c1-14(2,3)11-7-6-9-12-8-4-5-10-13(12)15/h4-5,8,10,15H,6-7,9,11H2,1-3H3. The van der Waals surface area contributed by atoms with E-state index in [0.29, 0.717) is 11.2 Å². The van der Waals surface area contributed by atoms with Crippen molar-refractivity contribution < 1.29 is 5.11 Å². The summed E-state index contributed by atoms with van der Waals surface area (Å²) >= 11 is 0. The SMILES string of the molecule is CC(C)(C)CCCCc1ccccc1O. The van der Waals surface area contributed by atoms with Gasteiger partial charge in [0.1, 0.15) is 5.75 Å². The van der Waals surface area contributed by atoms with Gasteiger partial charge in [0.05, 0.1) is 0 Å². The molecule has 0 unspecified atom stereocenters. The predicted octanol–water partition coefficient (Wildman–Crippen LogP) is 4.15. The average Bonchev–Trinajstić information content (AvgIpc) is 2.13. The second-order valence-corrected chi connectivity index (χ2v) is 5.40. The quantitative estimate of drug-likeness (QED) is 0.734. The van der Waals surface area contributed by atoms with Gasteiger partial charge in [0.2, 0.25) is 0 Å². The zero-order chi connectivity index (χ0) is 11.3. The summed E-state index contributed by atoms with van der Waals surface area (Å²) in [6, 6.07) is 7.62. The highest BCUT2D eigenvalue weighted by Crippen LogP contribution is 2.23. The maximum atomic E-state index is 9.57. The zero-order valence-corrected chi connectivity index (χ0v) is 10.1. The maximum Gasteiger partial charge on any atom is 0.118 e. The van der Waals surface area contributed by atoms with Gasteiger partial charge in [0.25, 0.3) is 0 Å². The van der Waals surface area contributed by atoms with E-state index in [1.807, 2.05) is 18.2 Å². The molecule has 0 fully saturated rings. The summed E-state index contributed by atoms with van der Waals surface area (Å²) in [5.41, 5.74) is 1.50. The molecule has 1 rings (SSSR count). The molecule has 0 spiro atoms. The fraction of sp³-hybridized carbons (Fsp3) is 0.571. The summed E-state index contributed by atoms with van der Waals surface area (Å²) in [7, 11) is 0. The molecular formula is C14H22O. The molecule has 1 heteroatoms. The van der Waals surface area contributed by atoms with Crippen LogP contribution in [0.3, 0.4) is 0 Å². The fourth-order valence-electron chi connectivity index (χ4n) is 1.69. The van der Waals surface area contributed by atoms with Crippen molar-refractivity contribution in [2.24, 2.45) is 5.41 Å². The Balaban J connectivity index is 2.30. The molecule has 0 aromatic heterocycles. The van der Waals surface area contributed by atoms with Gasteiger partial charge in [0.15, 0.2) is 0 Å². The van der Waals surface area contributed by atoms with Crippen LogP contribution in [0.4, 0.5) is 0 Å². The Kier molecular flexibility index (Phi) is 4.19. The van der Waals surface area contributed by atoms with Crippen LogP contribution < -0.4 is 0 Å². The van der Waals surface area contributed by atoms with Gasteiger partial charge >= 0.3 is 0 Å². The molecule has 0 radical (unpaired) electrons. The number of hydrogen-bond donors (Lipinski definition) is 1. The lowest BCUT2D eigenvalue weighted by atomic mass is 9.89. The summed E-state index contributed by atoms with van der Waals surface area (Å²) in [5.74, 6) is 0.438. The Morgan fingerprint density at radius 1 is 1.07 bits per heavy atom. The Morgan fingerprint density at radius 2 is 1.73 bits per heavy atom. The molecule has 1 N–H and O–H groups in total. The average molecular weight is 206 g/mol. The number of rotatable bonds is 4. The van der Waals surface area contributed by atoms with E-state index >= 15 is 0 Å². The highest BCUT2D eigenvalue weighted by molar-refractivity contribution is 5.31. The van der Waals surface area contributed by atoms with Crippen LogP contribution in [0.2, 0.25) is 0 Å². The number of aromatic hydroxyl groups is 1. The monoisotopic (exact) mass is 206 g/mol. The lowest BCUT2D eigenvalue weighted by Crippen LogP contribution is -2.04. The summed E-state index contributed by atoms with van der Waals surface area (Å²) in [6.45, 7) is 6.81. The Morgan fingerprint density at radius 3 is 2.33 bits per heavy atom. The first-order chi connectivity index (χ1) is 6.99. The van der Waals surface area contributed by atoms with E-state index in [4.69, 9.17) is 0 Å². The summed E-state index contributed by atoms with van der Waals surface area (Å²) in [6.07, 6.45) is 4.63. The molecule has 0 saturated carbocycles. The lowest BCUT2D eigenvalue weighted by Gasteiger charge is -2.17. The highest BCUT2D eigenvalue weighted by atomic mass is 16.3. The number of phenolic OH excluding ortho intramolecular Hbond substituents is 1. The largest absolute Gasteiger partial charge is 0.508 e. The minimum atomic E-state index is 0.429. The van der Waals surface area contributed by atoms with E-state index in [-0.39, 0.29) is 0 Å². The topological polar surface area (TPSA) is 20.2 Å². The highest BCUT2D eigenvalue weighted by Gasteiger charge is 2.09. The first-order valence-electron chi connectivity index (χ1n) is 5.76. The maximum absolute atomic E-state index is 9.57.